The Balaban J connectivity index is 2.52. The van der Waals surface area contributed by atoms with E-state index in [0.29, 0.717) is 5.56 Å². The monoisotopic (exact) mass is 333 g/mol. The fraction of sp³-hybridized carbons (Fsp3) is 0.500. The molecule has 1 amide bonds. The number of nitrogens with zero attached hydrogens (tertiary/aromatic N) is 2. The lowest BCUT2D eigenvalue weighted by Crippen LogP contribution is -2.17. The highest BCUT2D eigenvalue weighted by molar-refractivity contribution is 7.13. The molecule has 0 unspecified atom stereocenters. The molecular weight excluding hydrogens is 306 g/mol. The first kappa shape index (κ1) is 17.8. The fourth-order valence-electron chi connectivity index (χ4n) is 3.13. The second kappa shape index (κ2) is 7.79. The van der Waals surface area contributed by atoms with Gasteiger partial charge in [-0.2, -0.15) is 0 Å². The molecule has 0 saturated carbocycles. The summed E-state index contributed by atoms with van der Waals surface area (Å²) in [5, 5.41) is 2.05. The molecule has 0 bridgehead atoms. The maximum Gasteiger partial charge on any atom is 0.251 e. The quantitative estimate of drug-likeness (QED) is 0.803. The first-order chi connectivity index (χ1) is 11.0. The van der Waals surface area contributed by atoms with Crippen LogP contribution in [0, 0.1) is 6.92 Å². The maximum absolute atomic E-state index is 12.1. The molecular formula is C18H27N3OS. The second-order valence-electron chi connectivity index (χ2n) is 6.18. The molecule has 2 rings (SSSR count). The van der Waals surface area contributed by atoms with E-state index in [4.69, 9.17) is 5.73 Å². The Morgan fingerprint density at radius 3 is 2.65 bits per heavy atom. The third kappa shape index (κ3) is 3.85. The maximum atomic E-state index is 12.1. The third-order valence-electron chi connectivity index (χ3n) is 4.12. The van der Waals surface area contributed by atoms with E-state index in [1.807, 2.05) is 13.0 Å². The number of nitrogens with two attached hydrogens (primary N) is 1. The molecule has 0 fully saturated rings. The van der Waals surface area contributed by atoms with Crippen LogP contribution in [-0.4, -0.2) is 36.0 Å². The zero-order valence-electron chi connectivity index (χ0n) is 14.6. The van der Waals surface area contributed by atoms with E-state index < -0.39 is 0 Å². The van der Waals surface area contributed by atoms with Gasteiger partial charge in [-0.3, -0.25) is 4.79 Å². The molecule has 4 nitrogen and oxygen atoms in total. The molecule has 2 aromatic rings. The molecule has 126 valence electrons. The Kier molecular flexibility index (Phi) is 6.02. The number of rotatable bonds is 8. The SMILES string of the molecule is CCCc1c(-c2cccs2)c(C(N)=O)c(C)n1CCCN(C)C. The number of primary amides is 1. The summed E-state index contributed by atoms with van der Waals surface area (Å²) in [6.07, 6.45) is 3.07. The minimum Gasteiger partial charge on any atom is -0.366 e. The van der Waals surface area contributed by atoms with Crippen molar-refractivity contribution in [1.29, 1.82) is 0 Å². The molecule has 0 spiro atoms. The Morgan fingerprint density at radius 2 is 2.13 bits per heavy atom. The first-order valence-electron chi connectivity index (χ1n) is 8.17. The van der Waals surface area contributed by atoms with Crippen molar-refractivity contribution in [3.05, 3.63) is 34.5 Å². The number of carbonyl (C=O) groups excluding carboxylic acids is 1. The van der Waals surface area contributed by atoms with Crippen molar-refractivity contribution in [2.75, 3.05) is 20.6 Å². The second-order valence-corrected chi connectivity index (χ2v) is 7.13. The summed E-state index contributed by atoms with van der Waals surface area (Å²) in [6, 6.07) is 4.11. The summed E-state index contributed by atoms with van der Waals surface area (Å²) in [4.78, 5) is 15.4. The summed E-state index contributed by atoms with van der Waals surface area (Å²) < 4.78 is 2.31. The van der Waals surface area contributed by atoms with Crippen molar-refractivity contribution < 1.29 is 4.79 Å². The summed E-state index contributed by atoms with van der Waals surface area (Å²) in [6.45, 7) is 6.15. The van der Waals surface area contributed by atoms with Crippen LogP contribution >= 0.6 is 11.3 Å². The van der Waals surface area contributed by atoms with E-state index in [0.717, 1.165) is 48.5 Å². The average Bonchev–Trinajstić information content (AvgIpc) is 3.07. The lowest BCUT2D eigenvalue weighted by molar-refractivity contribution is 0.1000. The Bertz CT molecular complexity index is 656. The molecule has 0 aliphatic rings. The van der Waals surface area contributed by atoms with Crippen molar-refractivity contribution >= 4 is 17.2 Å². The van der Waals surface area contributed by atoms with Gasteiger partial charge in [0.15, 0.2) is 0 Å². The van der Waals surface area contributed by atoms with Gasteiger partial charge in [0.25, 0.3) is 5.91 Å². The molecule has 2 aromatic heterocycles. The number of hydrogen-bond acceptors (Lipinski definition) is 3. The fourth-order valence-corrected chi connectivity index (χ4v) is 3.93. The van der Waals surface area contributed by atoms with Gasteiger partial charge in [0.1, 0.15) is 0 Å². The summed E-state index contributed by atoms with van der Waals surface area (Å²) in [5.41, 5.74) is 9.72. The molecule has 23 heavy (non-hydrogen) atoms. The normalized spacial score (nSPS) is 11.3. The van der Waals surface area contributed by atoms with Crippen LogP contribution in [0.15, 0.2) is 17.5 Å². The van der Waals surface area contributed by atoms with E-state index in [1.165, 1.54) is 5.69 Å². The molecule has 0 saturated heterocycles. The van der Waals surface area contributed by atoms with Crippen molar-refractivity contribution in [1.82, 2.24) is 9.47 Å². The van der Waals surface area contributed by atoms with E-state index >= 15 is 0 Å². The largest absolute Gasteiger partial charge is 0.366 e. The van der Waals surface area contributed by atoms with Crippen molar-refractivity contribution in [2.24, 2.45) is 5.73 Å². The highest BCUT2D eigenvalue weighted by atomic mass is 32.1. The van der Waals surface area contributed by atoms with E-state index in [2.05, 4.69) is 41.9 Å². The number of hydrogen-bond donors (Lipinski definition) is 1. The van der Waals surface area contributed by atoms with Crippen LogP contribution in [0.4, 0.5) is 0 Å². The smallest absolute Gasteiger partial charge is 0.251 e. The van der Waals surface area contributed by atoms with Gasteiger partial charge in [-0.15, -0.1) is 11.3 Å². The predicted octanol–water partition coefficient (Wildman–Crippen LogP) is 3.53. The highest BCUT2D eigenvalue weighted by Crippen LogP contribution is 2.36. The topological polar surface area (TPSA) is 51.3 Å². The van der Waals surface area contributed by atoms with Gasteiger partial charge >= 0.3 is 0 Å². The summed E-state index contributed by atoms with van der Waals surface area (Å²) >= 11 is 1.67. The van der Waals surface area contributed by atoms with Crippen LogP contribution in [0.3, 0.4) is 0 Å². The summed E-state index contributed by atoms with van der Waals surface area (Å²) in [7, 11) is 4.17. The Hall–Kier alpha value is -1.59. The van der Waals surface area contributed by atoms with Crippen molar-refractivity contribution in [3.63, 3.8) is 0 Å². The Morgan fingerprint density at radius 1 is 1.39 bits per heavy atom. The molecule has 2 N–H and O–H groups in total. The van der Waals surface area contributed by atoms with Crippen LogP contribution in [0.25, 0.3) is 10.4 Å². The van der Waals surface area contributed by atoms with Crippen LogP contribution in [0.1, 0.15) is 41.5 Å². The van der Waals surface area contributed by atoms with Crippen LogP contribution in [0.2, 0.25) is 0 Å². The number of amides is 1. The lowest BCUT2D eigenvalue weighted by atomic mass is 10.0. The molecule has 5 heteroatoms. The van der Waals surface area contributed by atoms with Gasteiger partial charge in [0.05, 0.1) is 5.56 Å². The lowest BCUT2D eigenvalue weighted by Gasteiger charge is -2.14. The van der Waals surface area contributed by atoms with E-state index in [1.54, 1.807) is 11.3 Å². The van der Waals surface area contributed by atoms with Crippen molar-refractivity contribution in [2.45, 2.75) is 39.7 Å². The standard InChI is InChI=1S/C18H27N3OS/c1-5-8-14-17(15-9-6-12-23-15)16(18(19)22)13(2)21(14)11-7-10-20(3)4/h6,9,12H,5,7-8,10-11H2,1-4H3,(H2,19,22). The van der Waals surface area contributed by atoms with Gasteiger partial charge in [-0.25, -0.2) is 0 Å². The predicted molar refractivity (Wildman–Crippen MR) is 98.2 cm³/mol. The molecule has 0 aliphatic carbocycles. The van der Waals surface area contributed by atoms with Gasteiger partial charge in [0, 0.05) is 28.4 Å². The van der Waals surface area contributed by atoms with Gasteiger partial charge in [-0.05, 0) is 51.9 Å². The molecule has 0 atom stereocenters. The molecule has 0 aliphatic heterocycles. The van der Waals surface area contributed by atoms with Gasteiger partial charge in [0.2, 0.25) is 0 Å². The van der Waals surface area contributed by atoms with Crippen LogP contribution < -0.4 is 5.73 Å². The van der Waals surface area contributed by atoms with E-state index in [9.17, 15) is 4.79 Å². The van der Waals surface area contributed by atoms with Crippen molar-refractivity contribution in [3.8, 4) is 10.4 Å². The molecule has 0 aromatic carbocycles. The van der Waals surface area contributed by atoms with Crippen LogP contribution in [-0.2, 0) is 13.0 Å². The minimum absolute atomic E-state index is 0.324. The zero-order chi connectivity index (χ0) is 17.0. The minimum atomic E-state index is -0.324. The van der Waals surface area contributed by atoms with E-state index in [-0.39, 0.29) is 5.91 Å². The average molecular weight is 334 g/mol. The van der Waals surface area contributed by atoms with Gasteiger partial charge < -0.3 is 15.2 Å². The molecule has 0 radical (unpaired) electrons. The number of aromatic nitrogens is 1. The zero-order valence-corrected chi connectivity index (χ0v) is 15.4. The number of thiophene rings is 1. The highest BCUT2D eigenvalue weighted by Gasteiger charge is 2.24. The first-order valence-corrected chi connectivity index (χ1v) is 9.05. The number of carbonyl (C=O) groups is 1. The summed E-state index contributed by atoms with van der Waals surface area (Å²) in [5.74, 6) is -0.324. The third-order valence-corrected chi connectivity index (χ3v) is 5.01. The Labute approximate surface area is 142 Å². The van der Waals surface area contributed by atoms with Crippen LogP contribution in [0.5, 0.6) is 0 Å². The molecule has 2 heterocycles. The van der Waals surface area contributed by atoms with Gasteiger partial charge in [-0.1, -0.05) is 19.4 Å².